The van der Waals surface area contributed by atoms with E-state index in [1.807, 2.05) is 13.8 Å². The van der Waals surface area contributed by atoms with Gasteiger partial charge in [0.15, 0.2) is 0 Å². The quantitative estimate of drug-likeness (QED) is 0.800. The predicted octanol–water partition coefficient (Wildman–Crippen LogP) is 3.87. The van der Waals surface area contributed by atoms with Crippen LogP contribution in [0.5, 0.6) is 0 Å². The highest BCUT2D eigenvalue weighted by Gasteiger charge is 2.60. The molecule has 1 aliphatic carbocycles. The van der Waals surface area contributed by atoms with Gasteiger partial charge in [0.2, 0.25) is 0 Å². The van der Waals surface area contributed by atoms with Gasteiger partial charge in [-0.15, -0.1) is 0 Å². The number of benzene rings is 1. The third-order valence-corrected chi connectivity index (χ3v) is 5.00. The Labute approximate surface area is 137 Å². The predicted molar refractivity (Wildman–Crippen MR) is 88.7 cm³/mol. The molecule has 0 aliphatic heterocycles. The second-order valence-electron chi connectivity index (χ2n) is 6.30. The minimum absolute atomic E-state index is 0.00329. The minimum atomic E-state index is -1.18. The SMILES string of the molecule is CCC(CC)[C@@](O)(/C=C/c1cccc(C(=O)O)c1)C1(C#N)CC1. The molecule has 4 heteroatoms. The van der Waals surface area contributed by atoms with Crippen molar-refractivity contribution >= 4 is 12.0 Å². The zero-order valence-electron chi connectivity index (χ0n) is 13.6. The summed E-state index contributed by atoms with van der Waals surface area (Å²) in [6.45, 7) is 4.04. The van der Waals surface area contributed by atoms with Crippen molar-refractivity contribution in [1.29, 1.82) is 5.26 Å². The third kappa shape index (κ3) is 3.16. The Morgan fingerprint density at radius 1 is 1.43 bits per heavy atom. The Morgan fingerprint density at radius 2 is 2.09 bits per heavy atom. The summed E-state index contributed by atoms with van der Waals surface area (Å²) in [5, 5.41) is 29.9. The third-order valence-electron chi connectivity index (χ3n) is 5.00. The van der Waals surface area contributed by atoms with Crippen LogP contribution in [0.25, 0.3) is 6.08 Å². The number of aliphatic hydroxyl groups is 1. The Hall–Kier alpha value is -2.12. The second-order valence-corrected chi connectivity index (χ2v) is 6.30. The monoisotopic (exact) mass is 313 g/mol. The normalized spacial score (nSPS) is 18.6. The summed E-state index contributed by atoms with van der Waals surface area (Å²) in [6, 6.07) is 8.88. The molecule has 1 fully saturated rings. The van der Waals surface area contributed by atoms with Crippen LogP contribution in [0.3, 0.4) is 0 Å². The molecule has 2 rings (SSSR count). The van der Waals surface area contributed by atoms with E-state index in [0.717, 1.165) is 12.8 Å². The van der Waals surface area contributed by atoms with Crippen molar-refractivity contribution in [3.63, 3.8) is 0 Å². The van der Waals surface area contributed by atoms with E-state index in [-0.39, 0.29) is 11.5 Å². The molecule has 23 heavy (non-hydrogen) atoms. The number of hydrogen-bond acceptors (Lipinski definition) is 3. The molecule has 1 atom stereocenters. The van der Waals surface area contributed by atoms with E-state index in [1.54, 1.807) is 30.4 Å². The van der Waals surface area contributed by atoms with Crippen molar-refractivity contribution < 1.29 is 15.0 Å². The molecule has 0 radical (unpaired) electrons. The topological polar surface area (TPSA) is 81.3 Å². The van der Waals surface area contributed by atoms with E-state index in [1.165, 1.54) is 6.07 Å². The van der Waals surface area contributed by atoms with E-state index >= 15 is 0 Å². The van der Waals surface area contributed by atoms with Crippen molar-refractivity contribution in [2.45, 2.75) is 45.1 Å². The van der Waals surface area contributed by atoms with Crippen LogP contribution in [0.2, 0.25) is 0 Å². The Bertz CT molecular complexity index is 651. The maximum atomic E-state index is 11.3. The molecule has 0 bridgehead atoms. The molecule has 0 heterocycles. The number of nitriles is 1. The maximum absolute atomic E-state index is 11.3. The first-order valence-corrected chi connectivity index (χ1v) is 8.08. The van der Waals surface area contributed by atoms with Crippen molar-refractivity contribution in [2.24, 2.45) is 11.3 Å². The number of carboxylic acids is 1. The van der Waals surface area contributed by atoms with Crippen LogP contribution in [0, 0.1) is 22.7 Å². The molecular weight excluding hydrogens is 290 g/mol. The van der Waals surface area contributed by atoms with Crippen molar-refractivity contribution in [3.05, 3.63) is 41.5 Å². The largest absolute Gasteiger partial charge is 0.478 e. The van der Waals surface area contributed by atoms with Gasteiger partial charge in [-0.1, -0.05) is 51.0 Å². The number of nitrogens with zero attached hydrogens (tertiary/aromatic N) is 1. The van der Waals surface area contributed by atoms with Crippen LogP contribution < -0.4 is 0 Å². The highest BCUT2D eigenvalue weighted by Crippen LogP contribution is 2.58. The smallest absolute Gasteiger partial charge is 0.335 e. The molecule has 2 N–H and O–H groups in total. The second kappa shape index (κ2) is 6.55. The summed E-state index contributed by atoms with van der Waals surface area (Å²) in [4.78, 5) is 11.1. The summed E-state index contributed by atoms with van der Waals surface area (Å²) < 4.78 is 0. The van der Waals surface area contributed by atoms with E-state index in [0.29, 0.717) is 18.4 Å². The lowest BCUT2D eigenvalue weighted by Gasteiger charge is -2.37. The summed E-state index contributed by atoms with van der Waals surface area (Å²) in [5.41, 5.74) is -0.961. The Balaban J connectivity index is 2.37. The zero-order chi connectivity index (χ0) is 17.1. The van der Waals surface area contributed by atoms with E-state index in [2.05, 4.69) is 6.07 Å². The molecule has 0 spiro atoms. The molecule has 0 aromatic heterocycles. The number of hydrogen-bond donors (Lipinski definition) is 2. The summed E-state index contributed by atoms with van der Waals surface area (Å²) >= 11 is 0. The zero-order valence-corrected chi connectivity index (χ0v) is 13.6. The van der Waals surface area contributed by atoms with Gasteiger partial charge in [-0.3, -0.25) is 0 Å². The molecule has 1 aliphatic rings. The molecule has 4 nitrogen and oxygen atoms in total. The van der Waals surface area contributed by atoms with Crippen molar-refractivity contribution in [1.82, 2.24) is 0 Å². The lowest BCUT2D eigenvalue weighted by Crippen LogP contribution is -2.44. The number of rotatable bonds is 7. The summed E-state index contributed by atoms with van der Waals surface area (Å²) in [5.74, 6) is -0.977. The molecule has 0 unspecified atom stereocenters. The lowest BCUT2D eigenvalue weighted by molar-refractivity contribution is -0.0209. The van der Waals surface area contributed by atoms with Gasteiger partial charge in [-0.2, -0.15) is 5.26 Å². The van der Waals surface area contributed by atoms with Crippen LogP contribution in [0.1, 0.15) is 55.5 Å². The van der Waals surface area contributed by atoms with Gasteiger partial charge in [0, 0.05) is 0 Å². The molecule has 1 aromatic rings. The fourth-order valence-corrected chi connectivity index (χ4v) is 3.32. The van der Waals surface area contributed by atoms with Gasteiger partial charge in [-0.25, -0.2) is 4.79 Å². The van der Waals surface area contributed by atoms with Crippen LogP contribution in [0.15, 0.2) is 30.3 Å². The fraction of sp³-hybridized carbons (Fsp3) is 0.474. The molecule has 0 amide bonds. The van der Waals surface area contributed by atoms with E-state index in [4.69, 9.17) is 5.11 Å². The molecular formula is C19H23NO3. The van der Waals surface area contributed by atoms with Crippen molar-refractivity contribution in [3.8, 4) is 6.07 Å². The summed E-state index contributed by atoms with van der Waals surface area (Å²) in [6.07, 6.45) is 6.43. The van der Waals surface area contributed by atoms with Crippen LogP contribution in [-0.4, -0.2) is 21.8 Å². The highest BCUT2D eigenvalue weighted by atomic mass is 16.4. The first-order valence-electron chi connectivity index (χ1n) is 8.08. The molecule has 1 aromatic carbocycles. The molecule has 122 valence electrons. The highest BCUT2D eigenvalue weighted by molar-refractivity contribution is 5.88. The van der Waals surface area contributed by atoms with Gasteiger partial charge < -0.3 is 10.2 Å². The van der Waals surface area contributed by atoms with Gasteiger partial charge >= 0.3 is 5.97 Å². The average Bonchev–Trinajstić information content (AvgIpc) is 3.36. The van der Waals surface area contributed by atoms with Crippen molar-refractivity contribution in [2.75, 3.05) is 0 Å². The van der Waals surface area contributed by atoms with E-state index < -0.39 is 17.0 Å². The standard InChI is InChI=1S/C19H23NO3/c1-3-16(4-2)19(23,18(13-20)10-11-18)9-8-14-6-5-7-15(12-14)17(21)22/h5-9,12,16,23H,3-4,10-11H2,1-2H3,(H,21,22)/b9-8+/t19-/m0/s1. The molecule has 0 saturated heterocycles. The maximum Gasteiger partial charge on any atom is 0.335 e. The first-order chi connectivity index (χ1) is 10.9. The number of carbonyl (C=O) groups is 1. The van der Waals surface area contributed by atoms with Gasteiger partial charge in [0.05, 0.1) is 17.0 Å². The fourth-order valence-electron chi connectivity index (χ4n) is 3.32. The first kappa shape index (κ1) is 17.2. The van der Waals surface area contributed by atoms with Crippen LogP contribution in [-0.2, 0) is 0 Å². The lowest BCUT2D eigenvalue weighted by atomic mass is 9.72. The van der Waals surface area contributed by atoms with E-state index in [9.17, 15) is 15.2 Å². The van der Waals surface area contributed by atoms with Crippen LogP contribution in [0.4, 0.5) is 0 Å². The van der Waals surface area contributed by atoms with Gasteiger partial charge in [0.25, 0.3) is 0 Å². The average molecular weight is 313 g/mol. The van der Waals surface area contributed by atoms with Gasteiger partial charge in [0.1, 0.15) is 5.60 Å². The molecule has 1 saturated carbocycles. The Kier molecular flexibility index (Phi) is 4.91. The number of carboxylic acid groups (broad SMARTS) is 1. The minimum Gasteiger partial charge on any atom is -0.478 e. The summed E-state index contributed by atoms with van der Waals surface area (Å²) in [7, 11) is 0. The van der Waals surface area contributed by atoms with Crippen LogP contribution >= 0.6 is 0 Å². The Morgan fingerprint density at radius 3 is 2.57 bits per heavy atom. The van der Waals surface area contributed by atoms with Gasteiger partial charge in [-0.05, 0) is 36.5 Å². The number of aromatic carboxylic acids is 1.